The van der Waals surface area contributed by atoms with E-state index in [1.54, 1.807) is 13.1 Å². The van der Waals surface area contributed by atoms with E-state index >= 15 is 0 Å². The van der Waals surface area contributed by atoms with Crippen LogP contribution in [0.4, 0.5) is 0 Å². The average molecular weight is 229 g/mol. The van der Waals surface area contributed by atoms with Gasteiger partial charge in [-0.15, -0.1) is 0 Å². The zero-order valence-electron chi connectivity index (χ0n) is 9.31. The van der Waals surface area contributed by atoms with Gasteiger partial charge in [-0.3, -0.25) is 4.79 Å². The van der Waals surface area contributed by atoms with Gasteiger partial charge < -0.3 is 9.15 Å². The Morgan fingerprint density at radius 3 is 2.73 bits per heavy atom. The van der Waals surface area contributed by atoms with E-state index in [0.717, 1.165) is 0 Å². The molecule has 0 fully saturated rings. The third-order valence-electron chi connectivity index (χ3n) is 1.43. The Bertz CT molecular complexity index is 316. The summed E-state index contributed by atoms with van der Waals surface area (Å²) in [4.78, 5) is 15.5. The molecule has 1 aromatic rings. The van der Waals surface area contributed by atoms with Gasteiger partial charge in [0.05, 0.1) is 6.20 Å². The van der Waals surface area contributed by atoms with Crippen molar-refractivity contribution < 1.29 is 13.9 Å². The van der Waals surface area contributed by atoms with E-state index in [2.05, 4.69) is 4.98 Å². The van der Waals surface area contributed by atoms with E-state index in [1.165, 1.54) is 18.0 Å². The minimum absolute atomic E-state index is 0.259. The van der Waals surface area contributed by atoms with E-state index in [-0.39, 0.29) is 11.2 Å². The third-order valence-corrected chi connectivity index (χ3v) is 2.38. The van der Waals surface area contributed by atoms with Gasteiger partial charge in [0.2, 0.25) is 0 Å². The number of thioether (sulfide) groups is 1. The monoisotopic (exact) mass is 229 g/mol. The number of carbonyl (C=O) groups is 1. The van der Waals surface area contributed by atoms with Gasteiger partial charge in [0.1, 0.15) is 17.1 Å². The quantitative estimate of drug-likeness (QED) is 0.588. The van der Waals surface area contributed by atoms with Crippen molar-refractivity contribution in [1.29, 1.82) is 0 Å². The second-order valence-electron chi connectivity index (χ2n) is 4.09. The molecule has 0 bridgehead atoms. The Hall–Kier alpha value is -0.970. The van der Waals surface area contributed by atoms with Crippen LogP contribution in [0.3, 0.4) is 0 Å². The number of aromatic nitrogens is 1. The predicted molar refractivity (Wildman–Crippen MR) is 57.7 cm³/mol. The Labute approximate surface area is 93.4 Å². The maximum atomic E-state index is 11.6. The topological polar surface area (TPSA) is 52.3 Å². The molecule has 15 heavy (non-hydrogen) atoms. The smallest absolute Gasteiger partial charge is 0.319 e. The number of oxazole rings is 1. The molecular weight excluding hydrogens is 214 g/mol. The highest BCUT2D eigenvalue weighted by molar-refractivity contribution is 8.00. The van der Waals surface area contributed by atoms with Gasteiger partial charge in [-0.2, -0.15) is 0 Å². The minimum Gasteiger partial charge on any atom is -0.459 e. The van der Waals surface area contributed by atoms with E-state index in [4.69, 9.17) is 9.15 Å². The van der Waals surface area contributed by atoms with E-state index in [9.17, 15) is 4.79 Å². The van der Waals surface area contributed by atoms with Gasteiger partial charge in [0, 0.05) is 0 Å². The standard InChI is InChI=1S/C10H15NO3S/c1-7(8(12)14-10(2,3)4)15-9-11-5-6-13-9/h5-7H,1-4H3. The van der Waals surface area contributed by atoms with Crippen molar-refractivity contribution in [1.82, 2.24) is 4.98 Å². The molecule has 1 aromatic heterocycles. The lowest BCUT2D eigenvalue weighted by molar-refractivity contribution is -0.153. The fourth-order valence-electron chi connectivity index (χ4n) is 0.853. The van der Waals surface area contributed by atoms with Crippen molar-refractivity contribution >= 4 is 17.7 Å². The summed E-state index contributed by atoms with van der Waals surface area (Å²) >= 11 is 1.25. The first-order chi connectivity index (χ1) is 6.88. The van der Waals surface area contributed by atoms with E-state index in [0.29, 0.717) is 5.22 Å². The van der Waals surface area contributed by atoms with Gasteiger partial charge in [-0.25, -0.2) is 4.98 Å². The zero-order valence-corrected chi connectivity index (χ0v) is 10.1. The number of hydrogen-bond acceptors (Lipinski definition) is 5. The molecule has 5 heteroatoms. The Morgan fingerprint density at radius 2 is 2.27 bits per heavy atom. The molecule has 1 rings (SSSR count). The largest absolute Gasteiger partial charge is 0.459 e. The number of nitrogens with zero attached hydrogens (tertiary/aromatic N) is 1. The van der Waals surface area contributed by atoms with Crippen LogP contribution < -0.4 is 0 Å². The summed E-state index contributed by atoms with van der Waals surface area (Å²) in [6, 6.07) is 0. The van der Waals surface area contributed by atoms with Crippen LogP contribution in [0.2, 0.25) is 0 Å². The van der Waals surface area contributed by atoms with Crippen LogP contribution in [0, 0.1) is 0 Å². The van der Waals surface area contributed by atoms with Crippen molar-refractivity contribution in [2.75, 3.05) is 0 Å². The first-order valence-electron chi connectivity index (χ1n) is 4.67. The van der Waals surface area contributed by atoms with Crippen LogP contribution in [0.15, 0.2) is 22.1 Å². The minimum atomic E-state index is -0.456. The molecule has 0 saturated heterocycles. The number of rotatable bonds is 3. The van der Waals surface area contributed by atoms with Crippen LogP contribution in [-0.4, -0.2) is 21.8 Å². The zero-order chi connectivity index (χ0) is 11.5. The van der Waals surface area contributed by atoms with Crippen LogP contribution in [0.25, 0.3) is 0 Å². The second kappa shape index (κ2) is 4.70. The summed E-state index contributed by atoms with van der Waals surface area (Å²) in [6.07, 6.45) is 3.02. The summed E-state index contributed by atoms with van der Waals surface area (Å²) in [5, 5.41) is 0.163. The summed E-state index contributed by atoms with van der Waals surface area (Å²) in [6.45, 7) is 7.29. The highest BCUT2D eigenvalue weighted by atomic mass is 32.2. The molecule has 0 aliphatic heterocycles. The second-order valence-corrected chi connectivity index (χ2v) is 5.38. The molecule has 0 amide bonds. The predicted octanol–water partition coefficient (Wildman–Crippen LogP) is 2.50. The fraction of sp³-hybridized carbons (Fsp3) is 0.600. The van der Waals surface area contributed by atoms with Crippen molar-refractivity contribution in [2.24, 2.45) is 0 Å². The van der Waals surface area contributed by atoms with Crippen molar-refractivity contribution in [3.8, 4) is 0 Å². The number of carbonyl (C=O) groups excluding carboxylic acids is 1. The summed E-state index contributed by atoms with van der Waals surface area (Å²) in [5.74, 6) is -0.259. The third kappa shape index (κ3) is 4.38. The highest BCUT2D eigenvalue weighted by Crippen LogP contribution is 2.23. The molecule has 0 radical (unpaired) electrons. The SMILES string of the molecule is CC(Sc1ncco1)C(=O)OC(C)(C)C. The molecule has 1 unspecified atom stereocenters. The highest BCUT2D eigenvalue weighted by Gasteiger charge is 2.23. The number of hydrogen-bond donors (Lipinski definition) is 0. The molecule has 0 N–H and O–H groups in total. The van der Waals surface area contributed by atoms with E-state index < -0.39 is 5.60 Å². The molecule has 0 aliphatic rings. The van der Waals surface area contributed by atoms with Crippen molar-refractivity contribution in [3.05, 3.63) is 12.5 Å². The maximum Gasteiger partial charge on any atom is 0.319 e. The molecule has 0 aliphatic carbocycles. The Balaban J connectivity index is 2.47. The van der Waals surface area contributed by atoms with Gasteiger partial charge in [-0.05, 0) is 27.7 Å². The average Bonchev–Trinajstić information content (AvgIpc) is 2.53. The van der Waals surface area contributed by atoms with Gasteiger partial charge in [-0.1, -0.05) is 11.8 Å². The first kappa shape index (κ1) is 12.1. The molecular formula is C10H15NO3S. The van der Waals surface area contributed by atoms with Gasteiger partial charge >= 0.3 is 5.97 Å². The summed E-state index contributed by atoms with van der Waals surface area (Å²) in [7, 11) is 0. The van der Waals surface area contributed by atoms with Crippen molar-refractivity contribution in [2.45, 2.75) is 43.8 Å². The molecule has 1 heterocycles. The lowest BCUT2D eigenvalue weighted by Crippen LogP contribution is -2.28. The van der Waals surface area contributed by atoms with Crippen LogP contribution in [0.5, 0.6) is 0 Å². The first-order valence-corrected chi connectivity index (χ1v) is 5.55. The molecule has 4 nitrogen and oxygen atoms in total. The van der Waals surface area contributed by atoms with Crippen LogP contribution in [-0.2, 0) is 9.53 Å². The van der Waals surface area contributed by atoms with Crippen LogP contribution in [0.1, 0.15) is 27.7 Å². The summed E-state index contributed by atoms with van der Waals surface area (Å²) in [5.41, 5.74) is -0.456. The van der Waals surface area contributed by atoms with Crippen molar-refractivity contribution in [3.63, 3.8) is 0 Å². The Morgan fingerprint density at radius 1 is 1.60 bits per heavy atom. The summed E-state index contributed by atoms with van der Waals surface area (Å²) < 4.78 is 10.2. The lowest BCUT2D eigenvalue weighted by Gasteiger charge is -2.21. The molecule has 0 spiro atoms. The number of esters is 1. The lowest BCUT2D eigenvalue weighted by atomic mass is 10.2. The van der Waals surface area contributed by atoms with Crippen LogP contribution >= 0.6 is 11.8 Å². The molecule has 0 saturated carbocycles. The number of ether oxygens (including phenoxy) is 1. The molecule has 0 aromatic carbocycles. The molecule has 1 atom stereocenters. The van der Waals surface area contributed by atoms with Gasteiger partial charge in [0.15, 0.2) is 0 Å². The maximum absolute atomic E-state index is 11.6. The Kier molecular flexibility index (Phi) is 3.79. The van der Waals surface area contributed by atoms with Gasteiger partial charge in [0.25, 0.3) is 5.22 Å². The fourth-order valence-corrected chi connectivity index (χ4v) is 1.53. The van der Waals surface area contributed by atoms with E-state index in [1.807, 2.05) is 20.8 Å². The molecule has 84 valence electrons. The normalized spacial score (nSPS) is 13.6.